The minimum absolute atomic E-state index is 0.0901. The normalized spacial score (nSPS) is 24.2. The molecular formula is C26H37NO4. The van der Waals surface area contributed by atoms with Crippen LogP contribution in [0.5, 0.6) is 0 Å². The molecule has 0 aromatic rings. The zero-order chi connectivity index (χ0) is 22.9. The maximum atomic E-state index is 12.6. The molecule has 0 aromatic carbocycles. The number of likely N-dealkylation sites (tertiary alicyclic amines) is 1. The fourth-order valence-corrected chi connectivity index (χ4v) is 3.69. The van der Waals surface area contributed by atoms with E-state index in [1.54, 1.807) is 4.90 Å². The maximum absolute atomic E-state index is 12.6. The molecule has 0 unspecified atom stereocenters. The number of nitrogens with zero attached hydrogens (tertiary/aromatic N) is 1. The smallest absolute Gasteiger partial charge is 0.411 e. The van der Waals surface area contributed by atoms with Crippen LogP contribution in [-0.4, -0.2) is 40.8 Å². The van der Waals surface area contributed by atoms with Crippen molar-refractivity contribution in [1.29, 1.82) is 0 Å². The lowest BCUT2D eigenvalue weighted by molar-refractivity contribution is -0.138. The van der Waals surface area contributed by atoms with E-state index in [9.17, 15) is 9.59 Å². The van der Waals surface area contributed by atoms with Crippen LogP contribution in [0, 0.1) is 11.8 Å². The largest absolute Gasteiger partial charge is 0.455 e. The van der Waals surface area contributed by atoms with Crippen molar-refractivity contribution in [2.45, 2.75) is 103 Å². The van der Waals surface area contributed by atoms with E-state index >= 15 is 0 Å². The molecule has 2 rings (SSSR count). The summed E-state index contributed by atoms with van der Waals surface area (Å²) < 4.78 is 10.6. The second kappa shape index (κ2) is 11.8. The van der Waals surface area contributed by atoms with Crippen molar-refractivity contribution in [1.82, 2.24) is 4.90 Å². The number of carbonyl (C=O) groups is 2. The lowest BCUT2D eigenvalue weighted by Crippen LogP contribution is -2.50. The average Bonchev–Trinajstić information content (AvgIpc) is 2.98. The van der Waals surface area contributed by atoms with Crippen LogP contribution in [-0.2, 0) is 14.3 Å². The number of allylic oxidation sites excluding steroid dienone is 3. The van der Waals surface area contributed by atoms with Crippen LogP contribution in [0.25, 0.3) is 0 Å². The van der Waals surface area contributed by atoms with Crippen molar-refractivity contribution in [3.8, 4) is 11.8 Å². The molecule has 170 valence electrons. The van der Waals surface area contributed by atoms with Gasteiger partial charge in [0.25, 0.3) is 0 Å². The summed E-state index contributed by atoms with van der Waals surface area (Å²) >= 11 is 0. The molecule has 0 aromatic heterocycles. The molecule has 2 aliphatic heterocycles. The van der Waals surface area contributed by atoms with Gasteiger partial charge in [-0.3, -0.25) is 4.90 Å². The summed E-state index contributed by atoms with van der Waals surface area (Å²) in [7, 11) is 0. The number of carbonyl (C=O) groups excluding carboxylic acids is 2. The molecule has 5 nitrogen and oxygen atoms in total. The highest BCUT2D eigenvalue weighted by molar-refractivity contribution is 5.93. The molecule has 5 heteroatoms. The van der Waals surface area contributed by atoms with Gasteiger partial charge in [-0.15, -0.1) is 0 Å². The Bertz CT molecular complexity index is 775. The number of amides is 1. The predicted octanol–water partition coefficient (Wildman–Crippen LogP) is 5.71. The van der Waals surface area contributed by atoms with Crippen LogP contribution in [0.2, 0.25) is 0 Å². The summed E-state index contributed by atoms with van der Waals surface area (Å²) in [5, 5.41) is 0. The minimum Gasteiger partial charge on any atom is -0.455 e. The molecule has 0 N–H and O–H groups in total. The van der Waals surface area contributed by atoms with E-state index in [2.05, 4.69) is 24.8 Å². The van der Waals surface area contributed by atoms with Crippen LogP contribution < -0.4 is 0 Å². The minimum atomic E-state index is -0.503. The summed E-state index contributed by atoms with van der Waals surface area (Å²) in [5.74, 6) is 6.13. The third kappa shape index (κ3) is 8.65. The van der Waals surface area contributed by atoms with E-state index in [1.807, 2.05) is 52.0 Å². The highest BCUT2D eigenvalue weighted by Gasteiger charge is 2.33. The molecule has 3 atom stereocenters. The van der Waals surface area contributed by atoms with Crippen molar-refractivity contribution < 1.29 is 19.1 Å². The number of hydrogen-bond acceptors (Lipinski definition) is 4. The summed E-state index contributed by atoms with van der Waals surface area (Å²) in [6.07, 6.45) is 16.3. The average molecular weight is 428 g/mol. The van der Waals surface area contributed by atoms with E-state index in [4.69, 9.17) is 9.47 Å². The van der Waals surface area contributed by atoms with Gasteiger partial charge >= 0.3 is 12.1 Å². The predicted molar refractivity (Wildman–Crippen MR) is 123 cm³/mol. The molecule has 0 radical (unpaired) electrons. The molecule has 2 heterocycles. The van der Waals surface area contributed by atoms with Crippen LogP contribution >= 0.6 is 0 Å². The Morgan fingerprint density at radius 1 is 1.23 bits per heavy atom. The standard InChI is InChI=1S/C26H37NO4/c1-20-15-14-18-23(27(20)25(29)31-26(3,4)5)17-13-11-9-7-6-8-10-12-16-22-19-21(2)30-24(22)28/h9,11-12,16,19-21,23H,6-8,10,14-15,18H2,1-5H3/b11-9+,16-12+/t20-,21-,23-/m0/s1. The van der Waals surface area contributed by atoms with Gasteiger partial charge in [-0.2, -0.15) is 0 Å². The van der Waals surface area contributed by atoms with Crippen molar-refractivity contribution in [3.63, 3.8) is 0 Å². The zero-order valence-electron chi connectivity index (χ0n) is 19.6. The van der Waals surface area contributed by atoms with Crippen molar-refractivity contribution in [2.24, 2.45) is 0 Å². The number of cyclic esters (lactones) is 1. The summed E-state index contributed by atoms with van der Waals surface area (Å²) in [6.45, 7) is 9.59. The number of piperidine rings is 1. The van der Waals surface area contributed by atoms with E-state index < -0.39 is 5.60 Å². The van der Waals surface area contributed by atoms with Crippen LogP contribution in [0.1, 0.15) is 79.6 Å². The van der Waals surface area contributed by atoms with Crippen molar-refractivity contribution >= 4 is 12.1 Å². The van der Waals surface area contributed by atoms with Gasteiger partial charge in [-0.1, -0.05) is 30.1 Å². The van der Waals surface area contributed by atoms with Gasteiger partial charge in [0.05, 0.1) is 11.6 Å². The van der Waals surface area contributed by atoms with Gasteiger partial charge in [0.1, 0.15) is 11.7 Å². The van der Waals surface area contributed by atoms with Gasteiger partial charge < -0.3 is 9.47 Å². The first-order chi connectivity index (χ1) is 14.7. The number of ether oxygens (including phenoxy) is 2. The van der Waals surface area contributed by atoms with Crippen molar-refractivity contribution in [3.05, 3.63) is 36.0 Å². The van der Waals surface area contributed by atoms with E-state index in [1.165, 1.54) is 0 Å². The van der Waals surface area contributed by atoms with Gasteiger partial charge in [0.2, 0.25) is 0 Å². The molecule has 2 aliphatic rings. The van der Waals surface area contributed by atoms with Gasteiger partial charge in [0, 0.05) is 6.04 Å². The van der Waals surface area contributed by atoms with Crippen molar-refractivity contribution in [2.75, 3.05) is 0 Å². The Morgan fingerprint density at radius 2 is 1.94 bits per heavy atom. The highest BCUT2D eigenvalue weighted by atomic mass is 16.6. The first kappa shape index (κ1) is 24.8. The SMILES string of the molecule is C[C@H]1C=C(/C=C/CCCC/C=C/C#C[C@H]2CCC[C@H](C)N2C(=O)OC(C)(C)C)C(=O)O1. The monoisotopic (exact) mass is 427 g/mol. The fraction of sp³-hybridized carbons (Fsp3) is 0.615. The van der Waals surface area contributed by atoms with Gasteiger partial charge in [-0.05, 0) is 91.7 Å². The van der Waals surface area contributed by atoms with E-state index in [0.29, 0.717) is 5.57 Å². The third-order valence-corrected chi connectivity index (χ3v) is 5.20. The van der Waals surface area contributed by atoms with Gasteiger partial charge in [-0.25, -0.2) is 9.59 Å². The number of esters is 1. The topological polar surface area (TPSA) is 55.8 Å². The quantitative estimate of drug-likeness (QED) is 0.309. The summed E-state index contributed by atoms with van der Waals surface area (Å²) in [4.78, 5) is 25.9. The summed E-state index contributed by atoms with van der Waals surface area (Å²) in [6, 6.07) is 0.0534. The van der Waals surface area contributed by atoms with Crippen LogP contribution in [0.15, 0.2) is 36.0 Å². The third-order valence-electron chi connectivity index (χ3n) is 5.20. The van der Waals surface area contributed by atoms with E-state index in [0.717, 1.165) is 44.9 Å². The molecule has 0 spiro atoms. The first-order valence-corrected chi connectivity index (χ1v) is 11.4. The fourth-order valence-electron chi connectivity index (χ4n) is 3.69. The molecule has 0 saturated carbocycles. The Morgan fingerprint density at radius 3 is 2.58 bits per heavy atom. The Hall–Kier alpha value is -2.48. The lowest BCUT2D eigenvalue weighted by Gasteiger charge is -2.38. The first-order valence-electron chi connectivity index (χ1n) is 11.4. The molecule has 1 fully saturated rings. The molecule has 31 heavy (non-hydrogen) atoms. The van der Waals surface area contributed by atoms with E-state index in [-0.39, 0.29) is 30.3 Å². The number of unbranched alkanes of at least 4 members (excludes halogenated alkanes) is 3. The molecular weight excluding hydrogens is 390 g/mol. The van der Waals surface area contributed by atoms with Gasteiger partial charge in [0.15, 0.2) is 0 Å². The van der Waals surface area contributed by atoms with Crippen LogP contribution in [0.3, 0.4) is 0 Å². The Kier molecular flexibility index (Phi) is 9.43. The lowest BCUT2D eigenvalue weighted by atomic mass is 9.97. The summed E-state index contributed by atoms with van der Waals surface area (Å²) in [5.41, 5.74) is 0.150. The molecule has 0 aliphatic carbocycles. The van der Waals surface area contributed by atoms with Crippen LogP contribution in [0.4, 0.5) is 4.79 Å². The second-order valence-corrected chi connectivity index (χ2v) is 9.29. The molecule has 1 saturated heterocycles. The molecule has 1 amide bonds. The Labute approximate surface area is 187 Å². The second-order valence-electron chi connectivity index (χ2n) is 9.29. The zero-order valence-corrected chi connectivity index (χ0v) is 19.6. The maximum Gasteiger partial charge on any atom is 0.411 e. The number of rotatable bonds is 6. The highest BCUT2D eigenvalue weighted by Crippen LogP contribution is 2.25. The number of hydrogen-bond donors (Lipinski definition) is 0. The molecule has 0 bridgehead atoms. The Balaban J connectivity index is 1.73.